The number of nitrogens with one attached hydrogen (secondary N) is 1. The van der Waals surface area contributed by atoms with Gasteiger partial charge in [0, 0.05) is 50.6 Å². The van der Waals surface area contributed by atoms with Crippen molar-refractivity contribution in [1.29, 1.82) is 0 Å². The van der Waals surface area contributed by atoms with E-state index in [1.165, 1.54) is 11.8 Å². The third-order valence-electron chi connectivity index (χ3n) is 5.01. The Balaban J connectivity index is 1.96. The molecule has 2 heterocycles. The second-order valence-corrected chi connectivity index (χ2v) is 6.69. The number of pyridine rings is 1. The molecular formula is C18H28F3N5O. The van der Waals surface area contributed by atoms with E-state index >= 15 is 0 Å². The maximum Gasteiger partial charge on any atom is 0.403 e. The summed E-state index contributed by atoms with van der Waals surface area (Å²) in [4.78, 5) is 12.1. The molecule has 0 amide bonds. The summed E-state index contributed by atoms with van der Waals surface area (Å²) in [5, 5.41) is 3.26. The van der Waals surface area contributed by atoms with E-state index in [9.17, 15) is 13.2 Å². The van der Waals surface area contributed by atoms with Gasteiger partial charge in [-0.3, -0.25) is 14.9 Å². The van der Waals surface area contributed by atoms with Crippen molar-refractivity contribution >= 4 is 5.96 Å². The summed E-state index contributed by atoms with van der Waals surface area (Å²) in [5.74, 6) is 1.47. The van der Waals surface area contributed by atoms with E-state index in [0.29, 0.717) is 38.7 Å². The number of nitrogens with zero attached hydrogens (tertiary/aromatic N) is 4. The monoisotopic (exact) mass is 387 g/mol. The Labute approximate surface area is 158 Å². The first-order valence-electron chi connectivity index (χ1n) is 8.94. The summed E-state index contributed by atoms with van der Waals surface area (Å²) in [6.07, 6.45) is -2.43. The fraction of sp³-hybridized carbons (Fsp3) is 0.667. The van der Waals surface area contributed by atoms with E-state index in [1.807, 2.05) is 18.7 Å². The highest BCUT2D eigenvalue weighted by molar-refractivity contribution is 5.80. The molecule has 0 saturated carbocycles. The first-order valence-corrected chi connectivity index (χ1v) is 8.94. The van der Waals surface area contributed by atoms with Gasteiger partial charge >= 0.3 is 6.18 Å². The Bertz CT molecular complexity index is 670. The van der Waals surface area contributed by atoms with Crippen LogP contribution in [0.25, 0.3) is 0 Å². The highest BCUT2D eigenvalue weighted by Crippen LogP contribution is 2.25. The second-order valence-electron chi connectivity index (χ2n) is 6.69. The first-order chi connectivity index (χ1) is 12.7. The standard InChI is InChI=1S/C18H28F3N5O/c1-12-10-23-15(13(2)16(12)27-5)11-24-17(22-4)26-8-6-25(7-9-26)14(3)18(19,20)21/h10,14H,6-9,11H2,1-5H3,(H,22,24). The maximum atomic E-state index is 12.9. The molecule has 0 radical (unpaired) electrons. The maximum absolute atomic E-state index is 12.9. The van der Waals surface area contributed by atoms with Crippen molar-refractivity contribution in [2.24, 2.45) is 4.99 Å². The lowest BCUT2D eigenvalue weighted by atomic mass is 10.1. The van der Waals surface area contributed by atoms with E-state index < -0.39 is 12.2 Å². The molecule has 1 atom stereocenters. The molecule has 1 aliphatic rings. The van der Waals surface area contributed by atoms with Gasteiger partial charge in [0.05, 0.1) is 19.3 Å². The molecule has 1 aromatic rings. The average molecular weight is 387 g/mol. The molecule has 1 N–H and O–H groups in total. The Kier molecular flexibility index (Phi) is 6.91. The molecule has 1 fully saturated rings. The van der Waals surface area contributed by atoms with Gasteiger partial charge in [-0.05, 0) is 20.8 Å². The minimum atomic E-state index is -4.20. The van der Waals surface area contributed by atoms with Crippen LogP contribution in [0.2, 0.25) is 0 Å². The van der Waals surface area contributed by atoms with Crippen LogP contribution < -0.4 is 10.1 Å². The van der Waals surface area contributed by atoms with Crippen molar-refractivity contribution in [2.75, 3.05) is 40.3 Å². The van der Waals surface area contributed by atoms with Gasteiger partial charge in [-0.15, -0.1) is 0 Å². The van der Waals surface area contributed by atoms with E-state index in [4.69, 9.17) is 4.74 Å². The molecule has 27 heavy (non-hydrogen) atoms. The number of aromatic nitrogens is 1. The Morgan fingerprint density at radius 1 is 1.30 bits per heavy atom. The van der Waals surface area contributed by atoms with Gasteiger partial charge in [-0.2, -0.15) is 13.2 Å². The van der Waals surface area contributed by atoms with Crippen LogP contribution in [0, 0.1) is 13.8 Å². The number of hydrogen-bond donors (Lipinski definition) is 1. The third-order valence-corrected chi connectivity index (χ3v) is 5.01. The van der Waals surface area contributed by atoms with Crippen LogP contribution in [0.3, 0.4) is 0 Å². The third kappa shape index (κ3) is 5.03. The van der Waals surface area contributed by atoms with Crippen LogP contribution in [0.1, 0.15) is 23.7 Å². The molecule has 0 bridgehead atoms. The summed E-state index contributed by atoms with van der Waals surface area (Å²) >= 11 is 0. The van der Waals surface area contributed by atoms with E-state index in [-0.39, 0.29) is 0 Å². The normalized spacial score (nSPS) is 17.8. The molecule has 0 aliphatic carbocycles. The number of methoxy groups -OCH3 is 1. The molecule has 1 saturated heterocycles. The molecule has 0 aromatic carbocycles. The van der Waals surface area contributed by atoms with Crippen LogP contribution in [0.15, 0.2) is 11.2 Å². The molecular weight excluding hydrogens is 359 g/mol. The summed E-state index contributed by atoms with van der Waals surface area (Å²) in [5.41, 5.74) is 2.78. The average Bonchev–Trinajstić information content (AvgIpc) is 2.63. The summed E-state index contributed by atoms with van der Waals surface area (Å²) in [7, 11) is 3.30. The summed E-state index contributed by atoms with van der Waals surface area (Å²) in [6.45, 7) is 7.24. The highest BCUT2D eigenvalue weighted by Gasteiger charge is 2.41. The van der Waals surface area contributed by atoms with Crippen molar-refractivity contribution < 1.29 is 17.9 Å². The summed E-state index contributed by atoms with van der Waals surface area (Å²) in [6, 6.07) is -1.43. The van der Waals surface area contributed by atoms with E-state index in [0.717, 1.165) is 22.6 Å². The SMILES string of the molecule is CN=C(NCc1ncc(C)c(OC)c1C)N1CCN(C(C)C(F)(F)F)CC1. The van der Waals surface area contributed by atoms with Gasteiger partial charge in [-0.25, -0.2) is 0 Å². The van der Waals surface area contributed by atoms with Crippen LogP contribution in [0.4, 0.5) is 13.2 Å². The molecule has 1 unspecified atom stereocenters. The molecule has 1 aromatic heterocycles. The largest absolute Gasteiger partial charge is 0.496 e. The predicted octanol–water partition coefficient (Wildman–Crippen LogP) is 2.35. The zero-order valence-corrected chi connectivity index (χ0v) is 16.5. The lowest BCUT2D eigenvalue weighted by molar-refractivity contribution is -0.181. The van der Waals surface area contributed by atoms with Gasteiger partial charge in [0.25, 0.3) is 0 Å². The number of ether oxygens (including phenoxy) is 1. The summed E-state index contributed by atoms with van der Waals surface area (Å²) < 4.78 is 44.1. The Morgan fingerprint density at radius 3 is 2.44 bits per heavy atom. The van der Waals surface area contributed by atoms with Crippen molar-refractivity contribution in [2.45, 2.75) is 39.5 Å². The van der Waals surface area contributed by atoms with Gasteiger partial charge in [0.2, 0.25) is 0 Å². The molecule has 1 aliphatic heterocycles. The lowest BCUT2D eigenvalue weighted by Crippen LogP contribution is -2.56. The number of aryl methyl sites for hydroxylation is 1. The van der Waals surface area contributed by atoms with E-state index in [1.54, 1.807) is 20.4 Å². The lowest BCUT2D eigenvalue weighted by Gasteiger charge is -2.39. The molecule has 6 nitrogen and oxygen atoms in total. The molecule has 0 spiro atoms. The topological polar surface area (TPSA) is 53.0 Å². The fourth-order valence-electron chi connectivity index (χ4n) is 3.27. The second kappa shape index (κ2) is 8.77. The van der Waals surface area contributed by atoms with Gasteiger partial charge in [0.1, 0.15) is 11.8 Å². The zero-order valence-electron chi connectivity index (χ0n) is 16.5. The van der Waals surface area contributed by atoms with Crippen LogP contribution in [-0.4, -0.2) is 73.3 Å². The molecule has 9 heteroatoms. The zero-order chi connectivity index (χ0) is 20.2. The van der Waals surface area contributed by atoms with Crippen molar-refractivity contribution in [1.82, 2.24) is 20.1 Å². The van der Waals surface area contributed by atoms with Crippen molar-refractivity contribution in [3.8, 4) is 5.75 Å². The van der Waals surface area contributed by atoms with Crippen molar-refractivity contribution in [3.63, 3.8) is 0 Å². The van der Waals surface area contributed by atoms with Crippen molar-refractivity contribution in [3.05, 3.63) is 23.0 Å². The number of piperazine rings is 1. The predicted molar refractivity (Wildman–Crippen MR) is 99.1 cm³/mol. The molecule has 152 valence electrons. The number of alkyl halides is 3. The number of guanidine groups is 1. The number of halogens is 3. The minimum Gasteiger partial charge on any atom is -0.496 e. The number of hydrogen-bond acceptors (Lipinski definition) is 4. The number of rotatable bonds is 4. The molecule has 2 rings (SSSR count). The highest BCUT2D eigenvalue weighted by atomic mass is 19.4. The van der Waals surface area contributed by atoms with E-state index in [2.05, 4.69) is 15.3 Å². The van der Waals surface area contributed by atoms with Crippen LogP contribution in [-0.2, 0) is 6.54 Å². The van der Waals surface area contributed by atoms with Gasteiger partial charge in [0.15, 0.2) is 5.96 Å². The van der Waals surface area contributed by atoms with Gasteiger partial charge in [-0.1, -0.05) is 0 Å². The van der Waals surface area contributed by atoms with Crippen LogP contribution in [0.5, 0.6) is 5.75 Å². The smallest absolute Gasteiger partial charge is 0.403 e. The van der Waals surface area contributed by atoms with Gasteiger partial charge < -0.3 is 15.0 Å². The Hall–Kier alpha value is -2.03. The number of aliphatic imine (C=N–C) groups is 1. The minimum absolute atomic E-state index is 0.344. The fourth-order valence-corrected chi connectivity index (χ4v) is 3.27. The Morgan fingerprint density at radius 2 is 1.93 bits per heavy atom. The van der Waals surface area contributed by atoms with Crippen LogP contribution >= 0.6 is 0 Å². The quantitative estimate of drug-likeness (QED) is 0.635. The first kappa shape index (κ1) is 21.3.